The van der Waals surface area contributed by atoms with Crippen LogP contribution in [0.5, 0.6) is 0 Å². The van der Waals surface area contributed by atoms with Gasteiger partial charge in [0, 0.05) is 0 Å². The van der Waals surface area contributed by atoms with E-state index in [0.29, 0.717) is 0 Å². The molecule has 68 heavy (non-hydrogen) atoms. The van der Waals surface area contributed by atoms with E-state index in [1.807, 2.05) is 60.7 Å². The Kier molecular flexibility index (Phi) is 14.4. The fourth-order valence-corrected chi connectivity index (χ4v) is 21.4. The van der Waals surface area contributed by atoms with Gasteiger partial charge in [-0.05, 0) is 48.5 Å². The molecular weight excluding hydrogens is 1060 g/mol. The van der Waals surface area contributed by atoms with Gasteiger partial charge in [0.1, 0.15) is 0 Å². The second-order valence-corrected chi connectivity index (χ2v) is 24.3. The summed E-state index contributed by atoms with van der Waals surface area (Å²) in [5, 5.41) is 0. The molecule has 0 saturated carbocycles. The summed E-state index contributed by atoms with van der Waals surface area (Å²) >= 11 is -9.74. The molecule has 7 aromatic rings. The third-order valence-corrected chi connectivity index (χ3v) is 23.8. The number of halogens is 23. The van der Waals surface area contributed by atoms with Crippen LogP contribution in [0.15, 0.2) is 99.6 Å². The van der Waals surface area contributed by atoms with Crippen LogP contribution in [-0.4, -0.2) is 15.0 Å². The molecule has 0 aliphatic heterocycles. The average molecular weight is 1070 g/mol. The number of rotatable bonds is 7. The normalized spacial score (nSPS) is 11.9. The molecule has 0 atom stereocenters. The van der Waals surface area contributed by atoms with E-state index < -0.39 is 170 Å². The predicted molar refractivity (Wildman–Crippen MR) is 196 cm³/mol. The van der Waals surface area contributed by atoms with Crippen molar-refractivity contribution in [2.75, 3.05) is 0 Å². The number of hydrogen-bond acceptors (Lipinski definition) is 0. The topological polar surface area (TPSA) is 0 Å². The molecule has 7 rings (SSSR count). The van der Waals surface area contributed by atoms with Crippen LogP contribution >= 0.6 is 0 Å². The zero-order chi connectivity index (χ0) is 50.6. The van der Waals surface area contributed by atoms with Crippen molar-refractivity contribution in [2.45, 2.75) is 20.9 Å². The van der Waals surface area contributed by atoms with Gasteiger partial charge in [-0.1, -0.05) is 36.4 Å². The van der Waals surface area contributed by atoms with Crippen molar-refractivity contribution < 1.29 is 101 Å². The van der Waals surface area contributed by atoms with Crippen molar-refractivity contribution in [3.63, 3.8) is 0 Å². The Balaban J connectivity index is 0.000000276. The van der Waals surface area contributed by atoms with Crippen LogP contribution < -0.4 is 16.5 Å². The molecule has 356 valence electrons. The van der Waals surface area contributed by atoms with E-state index in [4.69, 9.17) is 0 Å². The number of alkyl halides is 3. The van der Waals surface area contributed by atoms with Crippen LogP contribution in [-0.2, 0) is 17.1 Å². The monoisotopic (exact) mass is 1070 g/mol. The van der Waals surface area contributed by atoms with Gasteiger partial charge in [0.2, 0.25) is 0 Å². The molecule has 0 unspecified atom stereocenters. The maximum absolute atomic E-state index is 15.4. The first-order chi connectivity index (χ1) is 31.8. The molecule has 25 heteroatoms. The Morgan fingerprint density at radius 2 is 0.441 bits per heavy atom. The molecule has 0 fully saturated rings. The molecule has 0 aliphatic carbocycles. The molecule has 0 aliphatic rings. The van der Waals surface area contributed by atoms with Gasteiger partial charge >= 0.3 is 242 Å². The summed E-state index contributed by atoms with van der Waals surface area (Å²) in [5.74, 6) is -70.5. The second kappa shape index (κ2) is 19.1. The minimum absolute atomic E-state index is 0.417. The molecule has 0 amide bonds. The summed E-state index contributed by atoms with van der Waals surface area (Å²) in [6, 6.07) is 25.1. The summed E-state index contributed by atoms with van der Waals surface area (Å²) in [7, 11) is -0.417. The fraction of sp³-hybridized carbons (Fsp3) is 0.0233. The van der Waals surface area contributed by atoms with Gasteiger partial charge in [-0.2, -0.15) is 13.2 Å². The Morgan fingerprint density at radius 3 is 0.647 bits per heavy atom. The Bertz CT molecular complexity index is 2670. The van der Waals surface area contributed by atoms with Crippen molar-refractivity contribution in [3.05, 3.63) is 207 Å². The average Bonchev–Trinajstić information content (AvgIpc) is 3.32. The van der Waals surface area contributed by atoms with Gasteiger partial charge in [0.25, 0.3) is 0 Å². The second-order valence-electron chi connectivity index (χ2n) is 13.8. The van der Waals surface area contributed by atoms with Crippen LogP contribution in [0.4, 0.5) is 101 Å². The first kappa shape index (κ1) is 51.3. The van der Waals surface area contributed by atoms with Crippen LogP contribution in [0.25, 0.3) is 0 Å². The van der Waals surface area contributed by atoms with Crippen molar-refractivity contribution in [2.24, 2.45) is 0 Å². The van der Waals surface area contributed by atoms with Crippen molar-refractivity contribution in [3.8, 4) is 0 Å². The summed E-state index contributed by atoms with van der Waals surface area (Å²) in [6.07, 6.45) is -4.31. The third kappa shape index (κ3) is 8.34. The molecule has 7 aromatic carbocycles. The first-order valence-electron chi connectivity index (χ1n) is 18.0. The number of benzene rings is 7. The standard InChI is InChI=1S/C19H14F3S.4C6F5.Ga/c20-19(21,22)15-11-13-18(14-12-15)23(16-7-3-1-4-8-16)17-9-5-2-6-10-17;4*7-2-1-3(8)5(10)6(11)4(2)9;/h1-14H;;;;;/q+1;;;;;-1. The summed E-state index contributed by atoms with van der Waals surface area (Å²) in [5.41, 5.74) is -0.620. The molecule has 0 aromatic heterocycles. The van der Waals surface area contributed by atoms with Crippen molar-refractivity contribution in [1.29, 1.82) is 0 Å². The molecular formula is C43H14F23GaS. The van der Waals surface area contributed by atoms with Gasteiger partial charge in [0.15, 0.2) is 14.7 Å². The summed E-state index contributed by atoms with van der Waals surface area (Å²) in [4.78, 5) is 3.03. The third-order valence-electron chi connectivity index (χ3n) is 10.1. The predicted octanol–water partition coefficient (Wildman–Crippen LogP) is 11.6. The van der Waals surface area contributed by atoms with Crippen molar-refractivity contribution >= 4 is 42.4 Å². The van der Waals surface area contributed by atoms with Gasteiger partial charge in [-0.25, -0.2) is 0 Å². The summed E-state index contributed by atoms with van der Waals surface area (Å²) < 4.78 is 319. The van der Waals surface area contributed by atoms with Crippen molar-refractivity contribution in [1.82, 2.24) is 0 Å². The van der Waals surface area contributed by atoms with E-state index >= 15 is 35.1 Å². The van der Waals surface area contributed by atoms with Gasteiger partial charge in [0.05, 0.1) is 16.5 Å². The van der Waals surface area contributed by atoms with Crippen LogP contribution in [0.1, 0.15) is 5.56 Å². The fourth-order valence-electron chi connectivity index (χ4n) is 7.18. The molecule has 0 radical (unpaired) electrons. The zero-order valence-corrected chi connectivity index (χ0v) is 35.5. The van der Waals surface area contributed by atoms with E-state index in [2.05, 4.69) is 0 Å². The Morgan fingerprint density at radius 1 is 0.250 bits per heavy atom. The van der Waals surface area contributed by atoms with E-state index in [1.165, 1.54) is 0 Å². The van der Waals surface area contributed by atoms with Crippen LogP contribution in [0, 0.1) is 116 Å². The van der Waals surface area contributed by atoms with Crippen LogP contribution in [0.3, 0.4) is 0 Å². The number of hydrogen-bond donors (Lipinski definition) is 0. The van der Waals surface area contributed by atoms with E-state index in [-0.39, 0.29) is 0 Å². The molecule has 0 spiro atoms. The van der Waals surface area contributed by atoms with Gasteiger partial charge in [-0.3, -0.25) is 0 Å². The molecule has 0 N–H and O–H groups in total. The molecule has 0 bridgehead atoms. The quantitative estimate of drug-likeness (QED) is 0.0491. The molecule has 0 nitrogen and oxygen atoms in total. The van der Waals surface area contributed by atoms with E-state index in [1.54, 1.807) is 12.1 Å². The maximum atomic E-state index is 15.4. The van der Waals surface area contributed by atoms with Gasteiger partial charge < -0.3 is 0 Å². The Labute approximate surface area is 370 Å². The van der Waals surface area contributed by atoms with E-state index in [9.17, 15) is 65.9 Å². The zero-order valence-electron chi connectivity index (χ0n) is 32.3. The summed E-state index contributed by atoms with van der Waals surface area (Å²) in [6.45, 7) is 0. The Hall–Kier alpha value is -6.08. The van der Waals surface area contributed by atoms with Gasteiger partial charge in [-0.15, -0.1) is 0 Å². The first-order valence-corrected chi connectivity index (χ1v) is 24.1. The molecule has 0 heterocycles. The molecule has 0 saturated heterocycles. The van der Waals surface area contributed by atoms with E-state index in [0.717, 1.165) is 26.8 Å². The van der Waals surface area contributed by atoms with Crippen LogP contribution in [0.2, 0.25) is 0 Å². The minimum atomic E-state index is -9.74. The SMILES string of the molecule is FC(F)(F)c1ccc([S+](c2ccccc2)c2ccccc2)cc1.Fc1c(F)c(F)[c]([Ga-]([c]2c(F)c(F)c(F)c(F)c2F)([c]2c(F)c(F)c(F)c(F)c2F)[c]2c(F)c(F)c(F)c(F)c2F)c(F)c1F.